The lowest BCUT2D eigenvalue weighted by molar-refractivity contribution is 0.158. The highest BCUT2D eigenvalue weighted by atomic mass is 19.3. The molecule has 8 heteroatoms. The van der Waals surface area contributed by atoms with Gasteiger partial charge in [0, 0.05) is 11.1 Å². The molecule has 0 radical (unpaired) electrons. The fourth-order valence-electron chi connectivity index (χ4n) is 3.39. The Morgan fingerprint density at radius 1 is 1.23 bits per heavy atom. The van der Waals surface area contributed by atoms with Crippen LogP contribution in [0.1, 0.15) is 37.0 Å². The molecule has 1 aromatic heterocycles. The Hall–Kier alpha value is -3.31. The predicted molar refractivity (Wildman–Crippen MR) is 113 cm³/mol. The van der Waals surface area contributed by atoms with Crippen molar-refractivity contribution in [3.63, 3.8) is 0 Å². The van der Waals surface area contributed by atoms with Gasteiger partial charge in [-0.15, -0.1) is 0 Å². The van der Waals surface area contributed by atoms with Crippen molar-refractivity contribution in [2.24, 2.45) is 5.73 Å². The largest absolute Gasteiger partial charge is 0.490 e. The average molecular weight is 426 g/mol. The number of rotatable bonds is 5. The summed E-state index contributed by atoms with van der Waals surface area (Å²) in [7, 11) is 0. The number of nitrogens with two attached hydrogens (primary N) is 1. The molecule has 0 spiro atoms. The zero-order valence-corrected chi connectivity index (χ0v) is 17.4. The molecule has 31 heavy (non-hydrogen) atoms. The van der Waals surface area contributed by atoms with E-state index in [-0.39, 0.29) is 6.10 Å². The average Bonchev–Trinajstić information content (AvgIpc) is 3.43. The SMILES string of the molecule is CC(C)Oc1ccc(-c2nc(-c3cccc4c3CCC4)no2)cc1C#N.NCC(F)F. The Balaban J connectivity index is 0.000000491. The van der Waals surface area contributed by atoms with Crippen molar-refractivity contribution in [2.45, 2.75) is 45.6 Å². The summed E-state index contributed by atoms with van der Waals surface area (Å²) in [5.74, 6) is 1.56. The second-order valence-corrected chi connectivity index (χ2v) is 7.34. The molecule has 1 heterocycles. The highest BCUT2D eigenvalue weighted by Crippen LogP contribution is 2.32. The van der Waals surface area contributed by atoms with Crippen molar-refractivity contribution in [1.82, 2.24) is 10.1 Å². The van der Waals surface area contributed by atoms with Gasteiger partial charge in [-0.3, -0.25) is 0 Å². The third-order valence-corrected chi connectivity index (χ3v) is 4.70. The van der Waals surface area contributed by atoms with Crippen LogP contribution >= 0.6 is 0 Å². The molecule has 0 saturated heterocycles. The monoisotopic (exact) mass is 426 g/mol. The Morgan fingerprint density at radius 2 is 2.00 bits per heavy atom. The van der Waals surface area contributed by atoms with Gasteiger partial charge in [0.15, 0.2) is 0 Å². The molecule has 0 aliphatic heterocycles. The summed E-state index contributed by atoms with van der Waals surface area (Å²) >= 11 is 0. The number of nitrogens with zero attached hydrogens (tertiary/aromatic N) is 3. The third-order valence-electron chi connectivity index (χ3n) is 4.70. The van der Waals surface area contributed by atoms with Crippen LogP contribution in [-0.2, 0) is 12.8 Å². The highest BCUT2D eigenvalue weighted by molar-refractivity contribution is 5.66. The van der Waals surface area contributed by atoms with Gasteiger partial charge < -0.3 is 15.0 Å². The number of alkyl halides is 2. The van der Waals surface area contributed by atoms with E-state index < -0.39 is 13.0 Å². The first-order valence-corrected chi connectivity index (χ1v) is 10.1. The molecular weight excluding hydrogens is 402 g/mol. The molecule has 0 amide bonds. The van der Waals surface area contributed by atoms with Gasteiger partial charge in [-0.25, -0.2) is 8.78 Å². The second-order valence-electron chi connectivity index (χ2n) is 7.34. The van der Waals surface area contributed by atoms with Crippen LogP contribution in [0.3, 0.4) is 0 Å². The van der Waals surface area contributed by atoms with Gasteiger partial charge in [0.05, 0.1) is 18.2 Å². The van der Waals surface area contributed by atoms with Crippen LogP contribution < -0.4 is 10.5 Å². The molecule has 2 N–H and O–H groups in total. The Bertz CT molecular complexity index is 1070. The van der Waals surface area contributed by atoms with Crippen molar-refractivity contribution in [3.05, 3.63) is 53.1 Å². The summed E-state index contributed by atoms with van der Waals surface area (Å²) in [6.45, 7) is 3.33. The summed E-state index contributed by atoms with van der Waals surface area (Å²) in [4.78, 5) is 4.57. The number of aryl methyl sites for hydroxylation is 1. The number of ether oxygens (including phenoxy) is 1. The topological polar surface area (TPSA) is 98.0 Å². The number of nitriles is 1. The molecule has 2 aromatic carbocycles. The maximum atomic E-state index is 10.6. The molecule has 3 aromatic rings. The van der Waals surface area contributed by atoms with Crippen LogP contribution in [0.2, 0.25) is 0 Å². The summed E-state index contributed by atoms with van der Waals surface area (Å²) < 4.78 is 32.4. The molecular formula is C23H24F2N4O2. The van der Waals surface area contributed by atoms with E-state index in [9.17, 15) is 14.0 Å². The van der Waals surface area contributed by atoms with Gasteiger partial charge in [0.2, 0.25) is 5.82 Å². The molecule has 162 valence electrons. The van der Waals surface area contributed by atoms with Crippen molar-refractivity contribution < 1.29 is 18.0 Å². The lowest BCUT2D eigenvalue weighted by Gasteiger charge is -2.11. The van der Waals surface area contributed by atoms with E-state index in [4.69, 9.17) is 9.26 Å². The quantitative estimate of drug-likeness (QED) is 0.632. The number of hydrogen-bond acceptors (Lipinski definition) is 6. The lowest BCUT2D eigenvalue weighted by Crippen LogP contribution is -2.08. The summed E-state index contributed by atoms with van der Waals surface area (Å²) in [5.41, 5.74) is 9.31. The van der Waals surface area contributed by atoms with Gasteiger partial charge >= 0.3 is 0 Å². The first kappa shape index (κ1) is 22.4. The maximum absolute atomic E-state index is 10.6. The Labute approximate surface area is 179 Å². The second kappa shape index (κ2) is 10.1. The van der Waals surface area contributed by atoms with Crippen molar-refractivity contribution >= 4 is 0 Å². The van der Waals surface area contributed by atoms with Gasteiger partial charge in [-0.1, -0.05) is 23.4 Å². The molecule has 0 fully saturated rings. The molecule has 6 nitrogen and oxygen atoms in total. The zero-order chi connectivity index (χ0) is 22.4. The fraction of sp³-hybridized carbons (Fsp3) is 0.348. The lowest BCUT2D eigenvalue weighted by atomic mass is 10.0. The normalized spacial score (nSPS) is 12.3. The van der Waals surface area contributed by atoms with Crippen LogP contribution in [0.25, 0.3) is 22.8 Å². The molecule has 1 aliphatic carbocycles. The minimum Gasteiger partial charge on any atom is -0.490 e. The van der Waals surface area contributed by atoms with Crippen LogP contribution in [0.15, 0.2) is 40.9 Å². The molecule has 0 bridgehead atoms. The van der Waals surface area contributed by atoms with Crippen molar-refractivity contribution in [3.8, 4) is 34.7 Å². The molecule has 1 aliphatic rings. The zero-order valence-electron chi connectivity index (χ0n) is 17.4. The Kier molecular flexibility index (Phi) is 7.32. The smallest absolute Gasteiger partial charge is 0.258 e. The third kappa shape index (κ3) is 5.44. The van der Waals surface area contributed by atoms with Crippen LogP contribution in [-0.4, -0.2) is 29.2 Å². The van der Waals surface area contributed by atoms with Gasteiger partial charge in [-0.05, 0) is 62.4 Å². The Morgan fingerprint density at radius 3 is 2.68 bits per heavy atom. The van der Waals surface area contributed by atoms with E-state index in [0.717, 1.165) is 18.4 Å². The van der Waals surface area contributed by atoms with E-state index in [2.05, 4.69) is 28.0 Å². The summed E-state index contributed by atoms with van der Waals surface area (Å²) in [5, 5.41) is 13.6. The molecule has 0 saturated carbocycles. The number of aromatic nitrogens is 2. The van der Waals surface area contributed by atoms with Crippen molar-refractivity contribution in [2.75, 3.05) is 6.54 Å². The van der Waals surface area contributed by atoms with Gasteiger partial charge in [0.25, 0.3) is 12.3 Å². The van der Waals surface area contributed by atoms with E-state index in [1.54, 1.807) is 12.1 Å². The minimum atomic E-state index is -2.34. The fourth-order valence-corrected chi connectivity index (χ4v) is 3.39. The van der Waals surface area contributed by atoms with E-state index >= 15 is 0 Å². The van der Waals surface area contributed by atoms with Crippen LogP contribution in [0, 0.1) is 11.3 Å². The van der Waals surface area contributed by atoms with Gasteiger partial charge in [0.1, 0.15) is 11.8 Å². The number of hydrogen-bond donors (Lipinski definition) is 1. The summed E-state index contributed by atoms with van der Waals surface area (Å²) in [6, 6.07) is 13.8. The predicted octanol–water partition coefficient (Wildman–Crippen LogP) is 4.76. The molecule has 0 atom stereocenters. The van der Waals surface area contributed by atoms with Crippen LogP contribution in [0.5, 0.6) is 5.75 Å². The summed E-state index contributed by atoms with van der Waals surface area (Å²) in [6.07, 6.45) is 0.990. The number of benzene rings is 2. The van der Waals surface area contributed by atoms with E-state index in [1.807, 2.05) is 32.0 Å². The van der Waals surface area contributed by atoms with E-state index in [0.29, 0.717) is 28.6 Å². The van der Waals surface area contributed by atoms with Crippen molar-refractivity contribution in [1.29, 1.82) is 5.26 Å². The maximum Gasteiger partial charge on any atom is 0.258 e. The first-order chi connectivity index (χ1) is 14.9. The first-order valence-electron chi connectivity index (χ1n) is 10.1. The standard InChI is InChI=1S/C21H19N3O2.C2H5F2N/c1-13(2)25-19-10-9-15(11-16(19)12-22)21-23-20(24-26-21)18-8-4-6-14-5-3-7-17(14)18;3-2(4)1-5/h4,6,8-11,13H,3,5,7H2,1-2H3;2H,1,5H2. The van der Waals surface area contributed by atoms with E-state index in [1.165, 1.54) is 17.5 Å². The van der Waals surface area contributed by atoms with Crippen LogP contribution in [0.4, 0.5) is 8.78 Å². The minimum absolute atomic E-state index is 0.00290. The molecule has 4 rings (SSSR count). The number of fused-ring (bicyclic) bond motifs is 1. The van der Waals surface area contributed by atoms with Gasteiger partial charge in [-0.2, -0.15) is 10.2 Å². The molecule has 0 unspecified atom stereocenters. The highest BCUT2D eigenvalue weighted by Gasteiger charge is 2.20. The number of halogens is 2.